The summed E-state index contributed by atoms with van der Waals surface area (Å²) in [6.45, 7) is 8.97. The molecule has 8 heteroatoms. The normalized spacial score (nSPS) is 12.4. The van der Waals surface area contributed by atoms with Crippen LogP contribution >= 0.6 is 0 Å². The smallest absolute Gasteiger partial charge is 0.276 e. The molecule has 1 aromatic heterocycles. The Balaban J connectivity index is 2.80. The average Bonchev–Trinajstić information content (AvgIpc) is 2.74. The molecule has 0 spiro atoms. The number of aromatic nitrogens is 2. The second-order valence-corrected chi connectivity index (χ2v) is 6.55. The summed E-state index contributed by atoms with van der Waals surface area (Å²) >= 11 is -1.73. The number of hydrogen-bond donors (Lipinski definition) is 0. The summed E-state index contributed by atoms with van der Waals surface area (Å²) < 4.78 is 18.0. The number of rotatable bonds is 4. The van der Waals surface area contributed by atoms with E-state index in [1.54, 1.807) is 26.8 Å². The fraction of sp³-hybridized carbons (Fsp3) is 0.400. The van der Waals surface area contributed by atoms with E-state index in [0.717, 1.165) is 11.1 Å². The van der Waals surface area contributed by atoms with Gasteiger partial charge in [0.2, 0.25) is 0 Å². The molecule has 0 aliphatic carbocycles. The largest absolute Gasteiger partial charge is 0.285 e. The molecule has 0 aliphatic heterocycles. The van der Waals surface area contributed by atoms with E-state index in [0.29, 0.717) is 28.1 Å². The van der Waals surface area contributed by atoms with Crippen molar-refractivity contribution < 1.29 is 13.3 Å². The molecule has 1 unspecified atom stereocenters. The van der Waals surface area contributed by atoms with Crippen LogP contribution in [-0.4, -0.2) is 25.4 Å². The molecule has 0 aliphatic rings. The molecule has 0 bridgehead atoms. The summed E-state index contributed by atoms with van der Waals surface area (Å²) in [4.78, 5) is 11.0. The summed E-state index contributed by atoms with van der Waals surface area (Å²) in [5.41, 5.74) is 4.96. The van der Waals surface area contributed by atoms with Crippen molar-refractivity contribution in [2.75, 3.05) is 7.11 Å². The predicted octanol–water partition coefficient (Wildman–Crippen LogP) is 3.07. The summed E-state index contributed by atoms with van der Waals surface area (Å²) in [7, 11) is 1.33. The Morgan fingerprint density at radius 3 is 2.30 bits per heavy atom. The molecule has 124 valence electrons. The lowest BCUT2D eigenvalue weighted by Crippen LogP contribution is -2.09. The Labute approximate surface area is 137 Å². The molecule has 0 saturated carbocycles. The van der Waals surface area contributed by atoms with Crippen LogP contribution in [0.3, 0.4) is 0 Å². The topological polar surface area (TPSA) is 87.3 Å². The lowest BCUT2D eigenvalue weighted by Gasteiger charge is -2.11. The van der Waals surface area contributed by atoms with Gasteiger partial charge in [0.25, 0.3) is 17.0 Å². The Kier molecular flexibility index (Phi) is 4.67. The predicted molar refractivity (Wildman–Crippen MR) is 88.6 cm³/mol. The summed E-state index contributed by atoms with van der Waals surface area (Å²) in [6, 6.07) is 1.78. The minimum atomic E-state index is -1.73. The molecule has 0 saturated heterocycles. The Hall–Kier alpha value is -2.06. The van der Waals surface area contributed by atoms with Gasteiger partial charge in [-0.25, -0.2) is 4.21 Å². The molecule has 1 aromatic carbocycles. The Morgan fingerprint density at radius 2 is 1.78 bits per heavy atom. The number of nitro groups is 1. The van der Waals surface area contributed by atoms with Gasteiger partial charge in [0.1, 0.15) is 0 Å². The van der Waals surface area contributed by atoms with E-state index >= 15 is 0 Å². The van der Waals surface area contributed by atoms with E-state index in [2.05, 4.69) is 5.10 Å². The van der Waals surface area contributed by atoms with E-state index in [-0.39, 0.29) is 10.6 Å². The molecule has 0 amide bonds. The van der Waals surface area contributed by atoms with Crippen molar-refractivity contribution in [3.63, 3.8) is 0 Å². The first kappa shape index (κ1) is 17.3. The lowest BCUT2D eigenvalue weighted by atomic mass is 9.93. The average molecular weight is 337 g/mol. The molecule has 0 radical (unpaired) electrons. The summed E-state index contributed by atoms with van der Waals surface area (Å²) in [5, 5.41) is 15.7. The van der Waals surface area contributed by atoms with Crippen LogP contribution in [0.5, 0.6) is 0 Å². The number of benzene rings is 1. The number of nitro benzene ring substituents is 1. The fourth-order valence-corrected chi connectivity index (χ4v) is 3.48. The second-order valence-electron chi connectivity index (χ2n) is 5.43. The van der Waals surface area contributed by atoms with Crippen molar-refractivity contribution in [1.82, 2.24) is 9.19 Å². The van der Waals surface area contributed by atoms with Crippen LogP contribution in [0.25, 0.3) is 11.3 Å². The number of nitrogens with zero attached hydrogens (tertiary/aromatic N) is 3. The van der Waals surface area contributed by atoms with Crippen LogP contribution in [0.4, 0.5) is 5.69 Å². The zero-order valence-electron chi connectivity index (χ0n) is 14.0. The van der Waals surface area contributed by atoms with Crippen molar-refractivity contribution in [2.24, 2.45) is 0 Å². The van der Waals surface area contributed by atoms with Crippen molar-refractivity contribution in [2.45, 2.75) is 34.6 Å². The fourth-order valence-electron chi connectivity index (χ4n) is 2.83. The van der Waals surface area contributed by atoms with E-state index in [1.165, 1.54) is 11.2 Å². The van der Waals surface area contributed by atoms with Crippen LogP contribution in [-0.2, 0) is 15.4 Å². The van der Waals surface area contributed by atoms with Gasteiger partial charge in [0, 0.05) is 16.7 Å². The van der Waals surface area contributed by atoms with E-state index in [1.807, 2.05) is 13.8 Å². The highest BCUT2D eigenvalue weighted by molar-refractivity contribution is 7.78. The first-order valence-corrected chi connectivity index (χ1v) is 8.02. The van der Waals surface area contributed by atoms with Gasteiger partial charge in [0.05, 0.1) is 23.4 Å². The number of hydrogen-bond acceptors (Lipinski definition) is 5. The molecule has 7 nitrogen and oxygen atoms in total. The zero-order chi connectivity index (χ0) is 17.5. The molecule has 1 atom stereocenters. The quantitative estimate of drug-likeness (QED) is 0.632. The van der Waals surface area contributed by atoms with Gasteiger partial charge in [-0.05, 0) is 51.8 Å². The Bertz CT molecular complexity index is 827. The molecular formula is C15H19N3O4S. The maximum atomic E-state index is 11.9. The molecule has 0 fully saturated rings. The lowest BCUT2D eigenvalue weighted by molar-refractivity contribution is -0.386. The highest BCUT2D eigenvalue weighted by atomic mass is 32.2. The van der Waals surface area contributed by atoms with Crippen LogP contribution in [0, 0.1) is 44.7 Å². The van der Waals surface area contributed by atoms with Crippen molar-refractivity contribution >= 4 is 17.0 Å². The molecular weight excluding hydrogens is 318 g/mol. The van der Waals surface area contributed by atoms with Crippen molar-refractivity contribution in [3.05, 3.63) is 44.1 Å². The van der Waals surface area contributed by atoms with Crippen LogP contribution < -0.4 is 0 Å². The second kappa shape index (κ2) is 6.21. The third kappa shape index (κ3) is 2.79. The molecule has 23 heavy (non-hydrogen) atoms. The Morgan fingerprint density at radius 1 is 1.17 bits per heavy atom. The zero-order valence-corrected chi connectivity index (χ0v) is 14.8. The van der Waals surface area contributed by atoms with E-state index in [9.17, 15) is 14.3 Å². The van der Waals surface area contributed by atoms with Gasteiger partial charge in [-0.15, -0.1) is 0 Å². The van der Waals surface area contributed by atoms with Crippen molar-refractivity contribution in [1.29, 1.82) is 0 Å². The first-order chi connectivity index (χ1) is 10.7. The monoisotopic (exact) mass is 337 g/mol. The third-order valence-corrected chi connectivity index (χ3v) is 4.93. The van der Waals surface area contributed by atoms with E-state index < -0.39 is 11.3 Å². The summed E-state index contributed by atoms with van der Waals surface area (Å²) in [6.07, 6.45) is 0. The van der Waals surface area contributed by atoms with Gasteiger partial charge in [-0.2, -0.15) is 9.19 Å². The van der Waals surface area contributed by atoms with Crippen LogP contribution in [0.2, 0.25) is 0 Å². The maximum absolute atomic E-state index is 11.9. The maximum Gasteiger partial charge on any atom is 0.285 e. The standard InChI is InChI=1S/C15H19N3O4S/c1-8-7-9(2)15(18(19)20)11(4)13(8)14-10(3)12(5)17(16-14)23(21)22-6/h7H,1-6H3. The first-order valence-electron chi connectivity index (χ1n) is 6.99. The highest BCUT2D eigenvalue weighted by Gasteiger charge is 2.25. The van der Waals surface area contributed by atoms with Crippen LogP contribution in [0.15, 0.2) is 6.07 Å². The van der Waals surface area contributed by atoms with Gasteiger partial charge in [0.15, 0.2) is 0 Å². The minimum absolute atomic E-state index is 0.0880. The number of aryl methyl sites for hydroxylation is 2. The third-order valence-electron chi connectivity index (χ3n) is 4.01. The van der Waals surface area contributed by atoms with Crippen molar-refractivity contribution in [3.8, 4) is 11.3 Å². The van der Waals surface area contributed by atoms with Gasteiger partial charge in [-0.3, -0.25) is 14.3 Å². The van der Waals surface area contributed by atoms with E-state index in [4.69, 9.17) is 4.18 Å². The molecule has 0 N–H and O–H groups in total. The molecule has 2 rings (SSSR count). The van der Waals surface area contributed by atoms with Crippen LogP contribution in [0.1, 0.15) is 27.9 Å². The molecule has 1 heterocycles. The van der Waals surface area contributed by atoms with Gasteiger partial charge in [-0.1, -0.05) is 0 Å². The van der Waals surface area contributed by atoms with Gasteiger partial charge >= 0.3 is 0 Å². The molecule has 2 aromatic rings. The summed E-state index contributed by atoms with van der Waals surface area (Å²) in [5.74, 6) is 0. The highest BCUT2D eigenvalue weighted by Crippen LogP contribution is 2.37. The minimum Gasteiger partial charge on any atom is -0.276 e. The SMILES string of the molecule is COS(=O)n1nc(-c2c(C)cc(C)c([N+](=O)[O-])c2C)c(C)c1C. The van der Waals surface area contributed by atoms with Gasteiger partial charge < -0.3 is 0 Å².